The van der Waals surface area contributed by atoms with Gasteiger partial charge >= 0.3 is 0 Å². The third-order valence-electron chi connectivity index (χ3n) is 5.32. The number of hydrogen-bond donors (Lipinski definition) is 1. The van der Waals surface area contributed by atoms with Gasteiger partial charge in [-0.2, -0.15) is 0 Å². The van der Waals surface area contributed by atoms with Crippen LogP contribution >= 0.6 is 0 Å². The molecule has 2 fully saturated rings. The molecule has 1 aromatic heterocycles. The Morgan fingerprint density at radius 2 is 2.16 bits per heavy atom. The van der Waals surface area contributed by atoms with Gasteiger partial charge in [0.2, 0.25) is 0 Å². The summed E-state index contributed by atoms with van der Waals surface area (Å²) in [7, 11) is 0. The van der Waals surface area contributed by atoms with E-state index in [-0.39, 0.29) is 18.3 Å². The zero-order valence-corrected chi connectivity index (χ0v) is 14.0. The van der Waals surface area contributed by atoms with Gasteiger partial charge in [0.15, 0.2) is 0 Å². The van der Waals surface area contributed by atoms with Crippen molar-refractivity contribution in [3.8, 4) is 5.75 Å². The summed E-state index contributed by atoms with van der Waals surface area (Å²) in [6, 6.07) is 9.85. The maximum atomic E-state index is 13.1. The molecule has 25 heavy (non-hydrogen) atoms. The molecule has 0 saturated heterocycles. The Bertz CT molecular complexity index is 763. The highest BCUT2D eigenvalue weighted by molar-refractivity contribution is 5.94. The van der Waals surface area contributed by atoms with Crippen LogP contribution in [0.1, 0.15) is 41.7 Å². The lowest BCUT2D eigenvalue weighted by Gasteiger charge is -2.22. The summed E-state index contributed by atoms with van der Waals surface area (Å²) in [5.41, 5.74) is 1.26. The monoisotopic (exact) mass is 340 g/mol. The number of ether oxygens (including phenoxy) is 1. The van der Waals surface area contributed by atoms with Gasteiger partial charge in [-0.1, -0.05) is 12.5 Å². The van der Waals surface area contributed by atoms with Crippen molar-refractivity contribution in [2.24, 2.45) is 11.8 Å². The number of aromatic nitrogens is 1. The number of hydrogen-bond acceptors (Lipinski definition) is 3. The Morgan fingerprint density at radius 1 is 1.24 bits per heavy atom. The second-order valence-electron chi connectivity index (χ2n) is 7.04. The van der Waals surface area contributed by atoms with E-state index in [2.05, 4.69) is 10.3 Å². The Hall–Kier alpha value is -2.43. The normalized spacial score (nSPS) is 24.3. The van der Waals surface area contributed by atoms with E-state index in [0.29, 0.717) is 29.0 Å². The molecular weight excluding hydrogens is 319 g/mol. The van der Waals surface area contributed by atoms with Crippen molar-refractivity contribution in [1.82, 2.24) is 10.3 Å². The molecule has 3 atom stereocenters. The fourth-order valence-electron chi connectivity index (χ4n) is 4.03. The minimum atomic E-state index is -0.335. The number of carbonyl (C=O) groups excluding carboxylic acids is 1. The minimum absolute atomic E-state index is 0.0531. The van der Waals surface area contributed by atoms with Gasteiger partial charge in [-0.3, -0.25) is 9.78 Å². The smallest absolute Gasteiger partial charge is 0.253 e. The predicted molar refractivity (Wildman–Crippen MR) is 91.7 cm³/mol. The fourth-order valence-corrected chi connectivity index (χ4v) is 4.03. The quantitative estimate of drug-likeness (QED) is 0.902. The van der Waals surface area contributed by atoms with Crippen molar-refractivity contribution in [2.75, 3.05) is 0 Å². The first-order chi connectivity index (χ1) is 12.2. The highest BCUT2D eigenvalue weighted by Gasteiger charge is 2.40. The number of fused-ring (bicyclic) bond motifs is 2. The Morgan fingerprint density at radius 3 is 2.84 bits per heavy atom. The summed E-state index contributed by atoms with van der Waals surface area (Å²) >= 11 is 0. The fraction of sp³-hybridized carbons (Fsp3) is 0.400. The summed E-state index contributed by atoms with van der Waals surface area (Å²) < 4.78 is 18.6. The molecule has 2 saturated carbocycles. The van der Waals surface area contributed by atoms with E-state index in [1.54, 1.807) is 30.5 Å². The Kier molecular flexibility index (Phi) is 4.38. The lowest BCUT2D eigenvalue weighted by molar-refractivity contribution is 0.0922. The van der Waals surface area contributed by atoms with Crippen molar-refractivity contribution in [3.05, 3.63) is 59.7 Å². The van der Waals surface area contributed by atoms with Crippen LogP contribution in [-0.2, 0) is 6.61 Å². The number of nitrogens with one attached hydrogen (secondary N) is 1. The number of amides is 1. The predicted octanol–water partition coefficient (Wildman–Crippen LogP) is 3.72. The van der Waals surface area contributed by atoms with Crippen molar-refractivity contribution in [1.29, 1.82) is 0 Å². The van der Waals surface area contributed by atoms with Crippen LogP contribution in [0.2, 0.25) is 0 Å². The molecule has 1 heterocycles. The first-order valence-corrected chi connectivity index (χ1v) is 8.81. The third-order valence-corrected chi connectivity index (χ3v) is 5.32. The molecule has 3 unspecified atom stereocenters. The molecule has 1 amide bonds. The summed E-state index contributed by atoms with van der Waals surface area (Å²) in [5, 5.41) is 3.16. The Labute approximate surface area is 146 Å². The van der Waals surface area contributed by atoms with Gasteiger partial charge in [0.05, 0.1) is 11.3 Å². The van der Waals surface area contributed by atoms with Crippen LogP contribution in [0.5, 0.6) is 5.75 Å². The number of nitrogens with zero attached hydrogens (tertiary/aromatic N) is 1. The van der Waals surface area contributed by atoms with Crippen molar-refractivity contribution in [3.63, 3.8) is 0 Å². The molecule has 5 heteroatoms. The van der Waals surface area contributed by atoms with Gasteiger partial charge in [-0.15, -0.1) is 0 Å². The number of carbonyl (C=O) groups is 1. The van der Waals surface area contributed by atoms with Gasteiger partial charge in [0.25, 0.3) is 5.91 Å². The summed E-state index contributed by atoms with van der Waals surface area (Å²) in [6.07, 6.45) is 6.51. The van der Waals surface area contributed by atoms with Gasteiger partial charge in [-0.05, 0) is 55.4 Å². The minimum Gasteiger partial charge on any atom is -0.487 e. The van der Waals surface area contributed by atoms with Crippen LogP contribution in [0.3, 0.4) is 0 Å². The maximum absolute atomic E-state index is 13.1. The maximum Gasteiger partial charge on any atom is 0.253 e. The zero-order valence-electron chi connectivity index (χ0n) is 14.0. The third kappa shape index (κ3) is 3.65. The van der Waals surface area contributed by atoms with Crippen molar-refractivity contribution < 1.29 is 13.9 Å². The van der Waals surface area contributed by atoms with E-state index in [1.165, 1.54) is 31.4 Å². The first kappa shape index (κ1) is 16.1. The van der Waals surface area contributed by atoms with Crippen LogP contribution in [0.25, 0.3) is 0 Å². The number of benzene rings is 1. The van der Waals surface area contributed by atoms with Crippen LogP contribution < -0.4 is 10.1 Å². The molecule has 1 aromatic carbocycles. The topological polar surface area (TPSA) is 51.2 Å². The molecule has 2 aromatic rings. The number of pyridine rings is 1. The second kappa shape index (κ2) is 6.82. The van der Waals surface area contributed by atoms with Gasteiger partial charge in [0, 0.05) is 18.3 Å². The highest BCUT2D eigenvalue weighted by atomic mass is 19.1. The van der Waals surface area contributed by atoms with Crippen molar-refractivity contribution in [2.45, 2.75) is 38.3 Å². The van der Waals surface area contributed by atoms with Gasteiger partial charge in [-0.25, -0.2) is 4.39 Å². The van der Waals surface area contributed by atoms with Crippen LogP contribution in [0, 0.1) is 17.7 Å². The molecule has 130 valence electrons. The molecule has 2 aliphatic rings. The second-order valence-corrected chi connectivity index (χ2v) is 7.04. The Balaban J connectivity index is 1.32. The zero-order chi connectivity index (χ0) is 17.2. The molecule has 2 aliphatic carbocycles. The molecule has 0 spiro atoms. The average Bonchev–Trinajstić information content (AvgIpc) is 3.23. The van der Waals surface area contributed by atoms with Gasteiger partial charge in [0.1, 0.15) is 18.2 Å². The SMILES string of the molecule is O=C(NC1CC2CCC1C2)c1ccc(COc2cccc(F)c2)nc1. The van der Waals surface area contributed by atoms with E-state index in [4.69, 9.17) is 4.74 Å². The van der Waals surface area contributed by atoms with Gasteiger partial charge < -0.3 is 10.1 Å². The summed E-state index contributed by atoms with van der Waals surface area (Å²) in [5.74, 6) is 1.53. The summed E-state index contributed by atoms with van der Waals surface area (Å²) in [4.78, 5) is 16.7. The van der Waals surface area contributed by atoms with Crippen LogP contribution in [0.4, 0.5) is 4.39 Å². The molecule has 1 N–H and O–H groups in total. The number of rotatable bonds is 5. The molecule has 2 bridgehead atoms. The largest absolute Gasteiger partial charge is 0.487 e. The average molecular weight is 340 g/mol. The molecule has 0 aliphatic heterocycles. The van der Waals surface area contributed by atoms with E-state index in [1.807, 2.05) is 0 Å². The van der Waals surface area contributed by atoms with E-state index >= 15 is 0 Å². The first-order valence-electron chi connectivity index (χ1n) is 8.81. The van der Waals surface area contributed by atoms with E-state index < -0.39 is 0 Å². The van der Waals surface area contributed by atoms with E-state index in [9.17, 15) is 9.18 Å². The lowest BCUT2D eigenvalue weighted by Crippen LogP contribution is -2.38. The molecular formula is C20H21FN2O2. The molecule has 0 radical (unpaired) electrons. The highest BCUT2D eigenvalue weighted by Crippen LogP contribution is 2.44. The standard InChI is InChI=1S/C20H21FN2O2/c21-16-2-1-3-18(10-16)25-12-17-7-6-15(11-22-17)20(24)23-19-9-13-4-5-14(19)8-13/h1-3,6-7,10-11,13-14,19H,4-5,8-9,12H2,(H,23,24). The van der Waals surface area contributed by atoms with E-state index in [0.717, 1.165) is 12.3 Å². The number of halogens is 1. The molecule has 4 nitrogen and oxygen atoms in total. The lowest BCUT2D eigenvalue weighted by atomic mass is 9.95. The van der Waals surface area contributed by atoms with Crippen molar-refractivity contribution >= 4 is 5.91 Å². The van der Waals surface area contributed by atoms with Crippen LogP contribution in [-0.4, -0.2) is 16.9 Å². The van der Waals surface area contributed by atoms with Crippen LogP contribution in [0.15, 0.2) is 42.6 Å². The summed E-state index contributed by atoms with van der Waals surface area (Å²) in [6.45, 7) is 0.234. The molecule has 4 rings (SSSR count).